The molecule has 4 nitrogen and oxygen atoms in total. The number of esters is 1. The van der Waals surface area contributed by atoms with Crippen LogP contribution in [0.4, 0.5) is 0 Å². The van der Waals surface area contributed by atoms with E-state index in [1.54, 1.807) is 0 Å². The van der Waals surface area contributed by atoms with Gasteiger partial charge in [0.15, 0.2) is 0 Å². The van der Waals surface area contributed by atoms with Crippen LogP contribution in [0.5, 0.6) is 0 Å². The van der Waals surface area contributed by atoms with Crippen molar-refractivity contribution in [2.24, 2.45) is 5.41 Å². The SMILES string of the molecule is CC1(C)C[C@H](CCN2CCC(O)(c3ccccc3)CC2)OC1=O. The van der Waals surface area contributed by atoms with Crippen LogP contribution < -0.4 is 0 Å². The molecule has 0 unspecified atom stereocenters. The molecule has 2 heterocycles. The van der Waals surface area contributed by atoms with Crippen LogP contribution in [-0.4, -0.2) is 41.7 Å². The van der Waals surface area contributed by atoms with E-state index in [1.165, 1.54) is 0 Å². The van der Waals surface area contributed by atoms with Crippen molar-refractivity contribution in [3.8, 4) is 0 Å². The van der Waals surface area contributed by atoms with Gasteiger partial charge >= 0.3 is 5.97 Å². The van der Waals surface area contributed by atoms with E-state index >= 15 is 0 Å². The van der Waals surface area contributed by atoms with Gasteiger partial charge in [-0.3, -0.25) is 4.79 Å². The topological polar surface area (TPSA) is 49.8 Å². The largest absolute Gasteiger partial charge is 0.462 e. The first kappa shape index (κ1) is 16.5. The third-order valence-corrected chi connectivity index (χ3v) is 5.33. The number of piperidine rings is 1. The summed E-state index contributed by atoms with van der Waals surface area (Å²) in [5.74, 6) is -0.0698. The van der Waals surface area contributed by atoms with Gasteiger partial charge in [-0.25, -0.2) is 0 Å². The molecule has 0 aliphatic carbocycles. The van der Waals surface area contributed by atoms with Crippen LogP contribution in [0.25, 0.3) is 0 Å². The summed E-state index contributed by atoms with van der Waals surface area (Å²) in [5, 5.41) is 10.8. The lowest BCUT2D eigenvalue weighted by atomic mass is 9.84. The minimum absolute atomic E-state index is 0.0485. The Morgan fingerprint density at radius 2 is 1.87 bits per heavy atom. The standard InChI is InChI=1S/C19H27NO3/c1-18(2)14-16(23-17(18)21)8-11-20-12-9-19(22,10-13-20)15-6-4-3-5-7-15/h3-7,16,22H,8-14H2,1-2H3/t16-/m0/s1. The zero-order valence-corrected chi connectivity index (χ0v) is 14.1. The van der Waals surface area contributed by atoms with Crippen LogP contribution in [0.2, 0.25) is 0 Å². The highest BCUT2D eigenvalue weighted by Gasteiger charge is 2.41. The minimum Gasteiger partial charge on any atom is -0.462 e. The summed E-state index contributed by atoms with van der Waals surface area (Å²) in [4.78, 5) is 14.1. The Hall–Kier alpha value is -1.39. The maximum Gasteiger partial charge on any atom is 0.311 e. The fourth-order valence-corrected chi connectivity index (χ4v) is 3.68. The molecule has 0 spiro atoms. The van der Waals surface area contributed by atoms with Gasteiger partial charge in [-0.1, -0.05) is 30.3 Å². The molecule has 1 atom stereocenters. The summed E-state index contributed by atoms with van der Waals surface area (Å²) in [7, 11) is 0. The molecule has 2 fully saturated rings. The van der Waals surface area contributed by atoms with Crippen LogP contribution >= 0.6 is 0 Å². The number of carbonyl (C=O) groups is 1. The second-order valence-corrected chi connectivity index (χ2v) is 7.64. The number of hydrogen-bond acceptors (Lipinski definition) is 4. The molecule has 126 valence electrons. The van der Waals surface area contributed by atoms with E-state index in [9.17, 15) is 9.90 Å². The quantitative estimate of drug-likeness (QED) is 0.868. The van der Waals surface area contributed by atoms with Crippen LogP contribution in [-0.2, 0) is 15.1 Å². The first-order valence-corrected chi connectivity index (χ1v) is 8.60. The van der Waals surface area contributed by atoms with Gasteiger partial charge in [-0.05, 0) is 45.1 Å². The smallest absolute Gasteiger partial charge is 0.311 e. The van der Waals surface area contributed by atoms with Crippen LogP contribution in [0, 0.1) is 5.41 Å². The number of carbonyl (C=O) groups excluding carboxylic acids is 1. The fraction of sp³-hybridized carbons (Fsp3) is 0.632. The van der Waals surface area contributed by atoms with Crippen molar-refractivity contribution in [3.63, 3.8) is 0 Å². The van der Waals surface area contributed by atoms with E-state index in [0.29, 0.717) is 0 Å². The van der Waals surface area contributed by atoms with E-state index in [4.69, 9.17) is 4.74 Å². The van der Waals surface area contributed by atoms with Gasteiger partial charge in [0.2, 0.25) is 0 Å². The zero-order valence-electron chi connectivity index (χ0n) is 14.1. The summed E-state index contributed by atoms with van der Waals surface area (Å²) >= 11 is 0. The van der Waals surface area contributed by atoms with Crippen molar-refractivity contribution in [1.29, 1.82) is 0 Å². The molecule has 1 aromatic carbocycles. The number of rotatable bonds is 4. The van der Waals surface area contributed by atoms with E-state index in [-0.39, 0.29) is 17.5 Å². The van der Waals surface area contributed by atoms with Crippen molar-refractivity contribution in [3.05, 3.63) is 35.9 Å². The van der Waals surface area contributed by atoms with Crippen molar-refractivity contribution in [2.75, 3.05) is 19.6 Å². The monoisotopic (exact) mass is 317 g/mol. The molecule has 3 rings (SSSR count). The van der Waals surface area contributed by atoms with Gasteiger partial charge < -0.3 is 14.7 Å². The van der Waals surface area contributed by atoms with Gasteiger partial charge in [0.25, 0.3) is 0 Å². The van der Waals surface area contributed by atoms with Gasteiger partial charge in [0.1, 0.15) is 6.10 Å². The highest BCUT2D eigenvalue weighted by molar-refractivity contribution is 5.78. The molecule has 0 aromatic heterocycles. The molecular weight excluding hydrogens is 290 g/mol. The maximum absolute atomic E-state index is 11.7. The molecule has 1 N–H and O–H groups in total. The molecule has 1 aromatic rings. The van der Waals surface area contributed by atoms with Crippen LogP contribution in [0.3, 0.4) is 0 Å². The van der Waals surface area contributed by atoms with E-state index < -0.39 is 5.60 Å². The third-order valence-electron chi connectivity index (χ3n) is 5.33. The average molecular weight is 317 g/mol. The fourth-order valence-electron chi connectivity index (χ4n) is 3.68. The molecule has 23 heavy (non-hydrogen) atoms. The van der Waals surface area contributed by atoms with Crippen molar-refractivity contribution >= 4 is 5.97 Å². The highest BCUT2D eigenvalue weighted by atomic mass is 16.6. The predicted molar refractivity (Wildman–Crippen MR) is 88.9 cm³/mol. The van der Waals surface area contributed by atoms with E-state index in [2.05, 4.69) is 4.90 Å². The van der Waals surface area contributed by atoms with E-state index in [1.807, 2.05) is 44.2 Å². The molecule has 2 saturated heterocycles. The molecule has 4 heteroatoms. The first-order chi connectivity index (χ1) is 10.9. The van der Waals surface area contributed by atoms with E-state index in [0.717, 1.165) is 50.9 Å². The Bertz CT molecular complexity index is 547. The lowest BCUT2D eigenvalue weighted by Gasteiger charge is -2.38. The Morgan fingerprint density at radius 3 is 2.43 bits per heavy atom. The molecule has 0 bridgehead atoms. The Labute approximate surface area is 138 Å². The van der Waals surface area contributed by atoms with Gasteiger partial charge in [-0.2, -0.15) is 0 Å². The second kappa shape index (κ2) is 6.25. The lowest BCUT2D eigenvalue weighted by molar-refractivity contribution is -0.147. The number of cyclic esters (lactones) is 1. The number of likely N-dealkylation sites (tertiary alicyclic amines) is 1. The van der Waals surface area contributed by atoms with Gasteiger partial charge in [0.05, 0.1) is 11.0 Å². The molecule has 2 aliphatic rings. The summed E-state index contributed by atoms with van der Waals surface area (Å²) in [6, 6.07) is 9.96. The highest BCUT2D eigenvalue weighted by Crippen LogP contribution is 2.35. The number of ether oxygens (including phenoxy) is 1. The number of nitrogens with zero attached hydrogens (tertiary/aromatic N) is 1. The number of aliphatic hydroxyl groups is 1. The van der Waals surface area contributed by atoms with Gasteiger partial charge in [0, 0.05) is 19.6 Å². The molecule has 2 aliphatic heterocycles. The van der Waals surface area contributed by atoms with Crippen molar-refractivity contribution in [2.45, 2.75) is 51.2 Å². The lowest BCUT2D eigenvalue weighted by Crippen LogP contribution is -2.43. The third kappa shape index (κ3) is 3.59. The Morgan fingerprint density at radius 1 is 1.22 bits per heavy atom. The van der Waals surface area contributed by atoms with Crippen molar-refractivity contribution in [1.82, 2.24) is 4.90 Å². The summed E-state index contributed by atoms with van der Waals surface area (Å²) in [6.07, 6.45) is 3.26. The summed E-state index contributed by atoms with van der Waals surface area (Å²) in [5.41, 5.74) is -0.00852. The first-order valence-electron chi connectivity index (χ1n) is 8.60. The summed E-state index contributed by atoms with van der Waals surface area (Å²) in [6.45, 7) is 6.61. The maximum atomic E-state index is 11.7. The zero-order chi connectivity index (χ0) is 16.5. The van der Waals surface area contributed by atoms with Crippen LogP contribution in [0.15, 0.2) is 30.3 Å². The normalized spacial score (nSPS) is 26.9. The molecule has 0 amide bonds. The Balaban J connectivity index is 1.48. The molecule has 0 radical (unpaired) electrons. The molecular formula is C19H27NO3. The number of benzene rings is 1. The van der Waals surface area contributed by atoms with Gasteiger partial charge in [-0.15, -0.1) is 0 Å². The average Bonchev–Trinajstić information content (AvgIpc) is 2.80. The van der Waals surface area contributed by atoms with Crippen molar-refractivity contribution < 1.29 is 14.6 Å². The number of hydrogen-bond donors (Lipinski definition) is 1. The molecule has 0 saturated carbocycles. The minimum atomic E-state index is -0.695. The van der Waals surface area contributed by atoms with Crippen LogP contribution in [0.1, 0.15) is 45.1 Å². The predicted octanol–water partition coefficient (Wildman–Crippen LogP) is 2.70. The second-order valence-electron chi connectivity index (χ2n) is 7.64. The summed E-state index contributed by atoms with van der Waals surface area (Å²) < 4.78 is 5.46. The Kier molecular flexibility index (Phi) is 4.47.